The molecule has 2 aromatic carbocycles. The van der Waals surface area contributed by atoms with E-state index in [1.54, 1.807) is 44.2 Å². The molecule has 0 unspecified atom stereocenters. The monoisotopic (exact) mass is 436 g/mol. The Morgan fingerprint density at radius 1 is 1.14 bits per heavy atom. The number of methoxy groups -OCH3 is 2. The number of sulfonamides is 1. The highest BCUT2D eigenvalue weighted by Crippen LogP contribution is 2.36. The number of anilines is 1. The van der Waals surface area contributed by atoms with Gasteiger partial charge in [0, 0.05) is 23.1 Å². The van der Waals surface area contributed by atoms with E-state index < -0.39 is 10.0 Å². The molecule has 0 spiro atoms. The summed E-state index contributed by atoms with van der Waals surface area (Å²) in [4.78, 5) is 12.9. The van der Waals surface area contributed by atoms with Gasteiger partial charge in [0.25, 0.3) is 0 Å². The number of hydrogen-bond acceptors (Lipinski definition) is 6. The maximum Gasteiger partial charge on any atom is 0.240 e. The van der Waals surface area contributed by atoms with E-state index in [1.807, 2.05) is 19.1 Å². The first-order chi connectivity index (χ1) is 13.8. The van der Waals surface area contributed by atoms with Crippen LogP contribution in [0.1, 0.15) is 18.9 Å². The van der Waals surface area contributed by atoms with E-state index in [0.717, 1.165) is 10.5 Å². The van der Waals surface area contributed by atoms with Gasteiger partial charge in [0.05, 0.1) is 24.8 Å². The maximum atomic E-state index is 12.7. The van der Waals surface area contributed by atoms with Gasteiger partial charge >= 0.3 is 0 Å². The lowest BCUT2D eigenvalue weighted by Gasteiger charge is -2.12. The van der Waals surface area contributed by atoms with Crippen molar-refractivity contribution in [3.63, 3.8) is 0 Å². The van der Waals surface area contributed by atoms with E-state index in [9.17, 15) is 13.2 Å². The summed E-state index contributed by atoms with van der Waals surface area (Å²) in [5.74, 6) is 1.11. The second kappa shape index (κ2) is 9.06. The van der Waals surface area contributed by atoms with Gasteiger partial charge in [-0.3, -0.25) is 4.79 Å². The van der Waals surface area contributed by atoms with Crippen molar-refractivity contribution in [1.82, 2.24) is 4.72 Å². The second-order valence-electron chi connectivity index (χ2n) is 6.68. The molecule has 0 aliphatic carbocycles. The third-order valence-corrected chi connectivity index (χ3v) is 7.13. The van der Waals surface area contributed by atoms with E-state index in [-0.39, 0.29) is 22.6 Å². The summed E-state index contributed by atoms with van der Waals surface area (Å²) in [5, 5.41) is 2.93. The van der Waals surface area contributed by atoms with Gasteiger partial charge in [-0.25, -0.2) is 13.1 Å². The average molecular weight is 437 g/mol. The van der Waals surface area contributed by atoms with Gasteiger partial charge < -0.3 is 14.8 Å². The van der Waals surface area contributed by atoms with Gasteiger partial charge in [-0.2, -0.15) is 0 Å². The van der Waals surface area contributed by atoms with Crippen molar-refractivity contribution in [1.29, 1.82) is 0 Å². The number of fused-ring (bicyclic) bond motifs is 1. The van der Waals surface area contributed by atoms with Gasteiger partial charge in [0.1, 0.15) is 0 Å². The molecule has 1 aliphatic rings. The van der Waals surface area contributed by atoms with E-state index >= 15 is 0 Å². The standard InChI is InChI=1S/C20H24N2O5S2/c1-13-10-20(23)22-16-12-15(5-7-19(16)28-13)29(24,25)21-9-8-14-4-6-17(26-2)18(11-14)27-3/h4-7,11-13,21H,8-10H2,1-3H3,(H,22,23)/t13-/m1/s1. The second-order valence-corrected chi connectivity index (χ2v) is 9.92. The Labute approximate surface area is 175 Å². The molecule has 2 aromatic rings. The Hall–Kier alpha value is -2.23. The average Bonchev–Trinajstić information content (AvgIpc) is 2.83. The molecule has 1 atom stereocenters. The van der Waals surface area contributed by atoms with Crippen molar-refractivity contribution in [2.24, 2.45) is 0 Å². The van der Waals surface area contributed by atoms with Crippen LogP contribution < -0.4 is 19.5 Å². The fourth-order valence-corrected chi connectivity index (χ4v) is 5.16. The molecular weight excluding hydrogens is 412 g/mol. The van der Waals surface area contributed by atoms with E-state index in [2.05, 4.69) is 10.0 Å². The molecule has 0 radical (unpaired) electrons. The van der Waals surface area contributed by atoms with Crippen molar-refractivity contribution in [2.45, 2.75) is 34.8 Å². The summed E-state index contributed by atoms with van der Waals surface area (Å²) in [6.07, 6.45) is 0.889. The molecule has 0 saturated heterocycles. The summed E-state index contributed by atoms with van der Waals surface area (Å²) in [6, 6.07) is 10.3. The molecule has 2 N–H and O–H groups in total. The normalized spacial score (nSPS) is 16.5. The number of thioether (sulfide) groups is 1. The molecule has 156 valence electrons. The number of amides is 1. The maximum absolute atomic E-state index is 12.7. The number of carbonyl (C=O) groups excluding carboxylic acids is 1. The summed E-state index contributed by atoms with van der Waals surface area (Å²) in [5.41, 5.74) is 1.46. The van der Waals surface area contributed by atoms with Crippen LogP contribution in [0.2, 0.25) is 0 Å². The molecule has 0 aromatic heterocycles. The molecule has 1 heterocycles. The number of carbonyl (C=O) groups is 1. The Morgan fingerprint density at radius 3 is 2.62 bits per heavy atom. The lowest BCUT2D eigenvalue weighted by molar-refractivity contribution is -0.116. The highest BCUT2D eigenvalue weighted by atomic mass is 32.2. The summed E-state index contributed by atoms with van der Waals surface area (Å²) >= 11 is 1.56. The van der Waals surface area contributed by atoms with Crippen molar-refractivity contribution in [2.75, 3.05) is 26.1 Å². The van der Waals surface area contributed by atoms with Gasteiger partial charge in [-0.05, 0) is 42.3 Å². The van der Waals surface area contributed by atoms with Crippen LogP contribution in [0, 0.1) is 0 Å². The molecule has 3 rings (SSSR count). The zero-order valence-corrected chi connectivity index (χ0v) is 18.2. The molecule has 7 nitrogen and oxygen atoms in total. The summed E-state index contributed by atoms with van der Waals surface area (Å²) in [6.45, 7) is 2.20. The molecular formula is C20H24N2O5S2. The van der Waals surface area contributed by atoms with Crippen LogP contribution in [0.3, 0.4) is 0 Å². The zero-order chi connectivity index (χ0) is 21.0. The third-order valence-electron chi connectivity index (χ3n) is 4.49. The Kier molecular flexibility index (Phi) is 6.71. The van der Waals surface area contributed by atoms with Crippen LogP contribution in [-0.4, -0.2) is 40.3 Å². The number of ether oxygens (including phenoxy) is 2. The zero-order valence-electron chi connectivity index (χ0n) is 16.5. The van der Waals surface area contributed by atoms with Crippen LogP contribution in [0.15, 0.2) is 46.2 Å². The highest BCUT2D eigenvalue weighted by molar-refractivity contribution is 8.00. The number of nitrogens with one attached hydrogen (secondary N) is 2. The van der Waals surface area contributed by atoms with Crippen molar-refractivity contribution < 1.29 is 22.7 Å². The van der Waals surface area contributed by atoms with Crippen molar-refractivity contribution >= 4 is 33.4 Å². The van der Waals surface area contributed by atoms with Crippen LogP contribution in [0.4, 0.5) is 5.69 Å². The Bertz CT molecular complexity index is 1010. The molecule has 9 heteroatoms. The van der Waals surface area contributed by atoms with E-state index in [1.165, 1.54) is 6.07 Å². The minimum absolute atomic E-state index is 0.111. The fourth-order valence-electron chi connectivity index (χ4n) is 3.05. The fraction of sp³-hybridized carbons (Fsp3) is 0.350. The summed E-state index contributed by atoms with van der Waals surface area (Å²) in [7, 11) is -0.583. The molecule has 1 amide bonds. The molecule has 0 saturated carbocycles. The van der Waals surface area contributed by atoms with Gasteiger partial charge in [0.15, 0.2) is 11.5 Å². The first-order valence-electron chi connectivity index (χ1n) is 9.13. The SMILES string of the molecule is COc1ccc(CCNS(=O)(=O)c2ccc3c(c2)NC(=O)C[C@@H](C)S3)cc1OC. The first-order valence-corrected chi connectivity index (χ1v) is 11.5. The summed E-state index contributed by atoms with van der Waals surface area (Å²) < 4.78 is 38.5. The van der Waals surface area contributed by atoms with Crippen LogP contribution in [0.25, 0.3) is 0 Å². The Morgan fingerprint density at radius 2 is 1.90 bits per heavy atom. The van der Waals surface area contributed by atoms with Crippen LogP contribution in [-0.2, 0) is 21.2 Å². The lowest BCUT2D eigenvalue weighted by atomic mass is 10.1. The van der Waals surface area contributed by atoms with Crippen LogP contribution in [0.5, 0.6) is 11.5 Å². The largest absolute Gasteiger partial charge is 0.493 e. The van der Waals surface area contributed by atoms with Crippen molar-refractivity contribution in [3.8, 4) is 11.5 Å². The first kappa shape index (κ1) is 21.5. The predicted octanol–water partition coefficient (Wildman–Crippen LogP) is 3.05. The number of hydrogen-bond donors (Lipinski definition) is 2. The molecule has 1 aliphatic heterocycles. The lowest BCUT2D eigenvalue weighted by Crippen LogP contribution is -2.26. The topological polar surface area (TPSA) is 93.7 Å². The highest BCUT2D eigenvalue weighted by Gasteiger charge is 2.22. The number of benzene rings is 2. The minimum Gasteiger partial charge on any atom is -0.493 e. The van der Waals surface area contributed by atoms with Crippen molar-refractivity contribution in [3.05, 3.63) is 42.0 Å². The number of rotatable bonds is 7. The molecule has 0 bridgehead atoms. The van der Waals surface area contributed by atoms with Gasteiger partial charge in [0.2, 0.25) is 15.9 Å². The van der Waals surface area contributed by atoms with Gasteiger partial charge in [-0.1, -0.05) is 13.0 Å². The third kappa shape index (κ3) is 5.23. The minimum atomic E-state index is -3.70. The predicted molar refractivity (Wildman–Crippen MR) is 113 cm³/mol. The van der Waals surface area contributed by atoms with Crippen LogP contribution >= 0.6 is 11.8 Å². The van der Waals surface area contributed by atoms with E-state index in [0.29, 0.717) is 30.0 Å². The Balaban J connectivity index is 1.70. The van der Waals surface area contributed by atoms with Gasteiger partial charge in [-0.15, -0.1) is 11.8 Å². The molecule has 29 heavy (non-hydrogen) atoms. The molecule has 0 fully saturated rings. The smallest absolute Gasteiger partial charge is 0.240 e. The van der Waals surface area contributed by atoms with E-state index in [4.69, 9.17) is 9.47 Å². The quantitative estimate of drug-likeness (QED) is 0.693.